The Morgan fingerprint density at radius 3 is 2.92 bits per heavy atom. The number of para-hydroxylation sites is 1. The largest absolute Gasteiger partial charge is 0.346 e. The van der Waals surface area contributed by atoms with Gasteiger partial charge in [0.1, 0.15) is 0 Å². The summed E-state index contributed by atoms with van der Waals surface area (Å²) < 4.78 is 1.67. The molecule has 3 aromatic rings. The number of fused-ring (bicyclic) bond motifs is 1. The fourth-order valence-corrected chi connectivity index (χ4v) is 3.13. The van der Waals surface area contributed by atoms with Crippen molar-refractivity contribution in [1.82, 2.24) is 25.3 Å². The number of benzene rings is 1. The van der Waals surface area contributed by atoms with E-state index in [0.717, 1.165) is 29.4 Å². The van der Waals surface area contributed by atoms with Crippen molar-refractivity contribution in [2.24, 2.45) is 11.7 Å². The van der Waals surface area contributed by atoms with Crippen molar-refractivity contribution in [1.29, 1.82) is 0 Å². The zero-order chi connectivity index (χ0) is 17.4. The lowest BCUT2D eigenvalue weighted by atomic mass is 10.1. The molecule has 7 heteroatoms. The smallest absolute Gasteiger partial charge is 0.274 e. The highest BCUT2D eigenvalue weighted by atomic mass is 16.2. The molecule has 0 spiro atoms. The van der Waals surface area contributed by atoms with E-state index in [4.69, 9.17) is 5.73 Å². The molecule has 1 unspecified atom stereocenters. The molecular weight excluding hydrogens is 316 g/mol. The van der Waals surface area contributed by atoms with Gasteiger partial charge in [-0.25, -0.2) is 4.68 Å². The molecule has 0 saturated heterocycles. The maximum absolute atomic E-state index is 12.6. The molecular formula is C18H20N6O. The average Bonchev–Trinajstić information content (AvgIpc) is 3.41. The van der Waals surface area contributed by atoms with Gasteiger partial charge in [0.25, 0.3) is 5.91 Å². The fraction of sp³-hybridized carbons (Fsp3) is 0.333. The van der Waals surface area contributed by atoms with E-state index < -0.39 is 0 Å². The second kappa shape index (κ2) is 6.25. The van der Waals surface area contributed by atoms with Gasteiger partial charge in [0.15, 0.2) is 5.69 Å². The number of aromatic nitrogens is 4. The van der Waals surface area contributed by atoms with Gasteiger partial charge in [-0.2, -0.15) is 0 Å². The first-order valence-corrected chi connectivity index (χ1v) is 8.46. The number of carbonyl (C=O) groups is 1. The Morgan fingerprint density at radius 2 is 2.16 bits per heavy atom. The lowest BCUT2D eigenvalue weighted by Crippen LogP contribution is -2.42. The predicted molar refractivity (Wildman–Crippen MR) is 94.4 cm³/mol. The summed E-state index contributed by atoms with van der Waals surface area (Å²) in [5, 5.41) is 12.3. The molecule has 1 atom stereocenters. The summed E-state index contributed by atoms with van der Waals surface area (Å²) in [5.74, 6) is 0.269. The minimum Gasteiger partial charge on any atom is -0.346 e. The van der Waals surface area contributed by atoms with E-state index in [1.807, 2.05) is 37.3 Å². The molecule has 7 nitrogen and oxygen atoms in total. The molecule has 1 aromatic carbocycles. The number of pyridine rings is 1. The van der Waals surface area contributed by atoms with Gasteiger partial charge in [-0.1, -0.05) is 23.4 Å². The van der Waals surface area contributed by atoms with Crippen LogP contribution in [-0.4, -0.2) is 38.5 Å². The van der Waals surface area contributed by atoms with Crippen LogP contribution in [0.1, 0.15) is 29.0 Å². The Labute approximate surface area is 145 Å². The first kappa shape index (κ1) is 15.7. The van der Waals surface area contributed by atoms with E-state index in [1.165, 1.54) is 0 Å². The Balaban J connectivity index is 1.67. The number of nitrogens with one attached hydrogen (secondary N) is 1. The summed E-state index contributed by atoms with van der Waals surface area (Å²) in [6.07, 6.45) is 3.98. The molecule has 1 amide bonds. The van der Waals surface area contributed by atoms with Crippen LogP contribution in [0.25, 0.3) is 16.6 Å². The van der Waals surface area contributed by atoms with E-state index in [1.54, 1.807) is 10.9 Å². The highest BCUT2D eigenvalue weighted by Crippen LogP contribution is 2.32. The summed E-state index contributed by atoms with van der Waals surface area (Å²) in [4.78, 5) is 17.0. The zero-order valence-corrected chi connectivity index (χ0v) is 14.0. The topological polar surface area (TPSA) is 98.7 Å². The van der Waals surface area contributed by atoms with Gasteiger partial charge in [0.2, 0.25) is 0 Å². The van der Waals surface area contributed by atoms with E-state index in [0.29, 0.717) is 23.9 Å². The van der Waals surface area contributed by atoms with Crippen LogP contribution in [0.5, 0.6) is 0 Å². The summed E-state index contributed by atoms with van der Waals surface area (Å²) in [6.45, 7) is 2.28. The molecule has 1 saturated carbocycles. The standard InChI is InChI=1S/C18H20N6O/c1-11-16(18(25)21-14(10-19)12-7-8-12)22-23-24(11)15-6-2-4-13-5-3-9-20-17(13)15/h2-6,9,12,14H,7-8,10,19H2,1H3,(H,21,25). The van der Waals surface area contributed by atoms with Crippen LogP contribution in [0, 0.1) is 12.8 Å². The molecule has 2 heterocycles. The van der Waals surface area contributed by atoms with Gasteiger partial charge in [-0.15, -0.1) is 5.10 Å². The van der Waals surface area contributed by atoms with Crippen LogP contribution < -0.4 is 11.1 Å². The molecule has 1 fully saturated rings. The SMILES string of the molecule is Cc1c(C(=O)NC(CN)C2CC2)nnn1-c1cccc2cccnc12. The third-order valence-corrected chi connectivity index (χ3v) is 4.71. The average molecular weight is 336 g/mol. The molecule has 0 radical (unpaired) electrons. The van der Waals surface area contributed by atoms with Gasteiger partial charge in [-0.05, 0) is 37.8 Å². The quantitative estimate of drug-likeness (QED) is 0.737. The van der Waals surface area contributed by atoms with Crippen LogP contribution in [0.3, 0.4) is 0 Å². The van der Waals surface area contributed by atoms with Crippen LogP contribution in [0.4, 0.5) is 0 Å². The van der Waals surface area contributed by atoms with Crippen LogP contribution in [-0.2, 0) is 0 Å². The van der Waals surface area contributed by atoms with Crippen LogP contribution in [0.2, 0.25) is 0 Å². The number of rotatable bonds is 5. The van der Waals surface area contributed by atoms with Crippen LogP contribution >= 0.6 is 0 Å². The van der Waals surface area contributed by atoms with Crippen LogP contribution in [0.15, 0.2) is 36.5 Å². The predicted octanol–water partition coefficient (Wildman–Crippen LogP) is 1.59. The highest BCUT2D eigenvalue weighted by molar-refractivity contribution is 5.94. The summed E-state index contributed by atoms with van der Waals surface area (Å²) in [7, 11) is 0. The first-order chi connectivity index (χ1) is 12.2. The number of nitrogens with two attached hydrogens (primary N) is 1. The Bertz CT molecular complexity index is 925. The number of carbonyl (C=O) groups excluding carboxylic acids is 1. The summed E-state index contributed by atoms with van der Waals surface area (Å²) in [5.41, 5.74) is 8.41. The fourth-order valence-electron chi connectivity index (χ4n) is 3.13. The monoisotopic (exact) mass is 336 g/mol. The summed E-state index contributed by atoms with van der Waals surface area (Å²) in [6, 6.07) is 9.75. The minimum atomic E-state index is -0.223. The lowest BCUT2D eigenvalue weighted by molar-refractivity contribution is 0.0927. The number of nitrogens with zero attached hydrogens (tertiary/aromatic N) is 4. The number of amides is 1. The van der Waals surface area contributed by atoms with Crippen molar-refractivity contribution in [2.75, 3.05) is 6.54 Å². The zero-order valence-electron chi connectivity index (χ0n) is 14.0. The second-order valence-electron chi connectivity index (χ2n) is 6.44. The molecule has 3 N–H and O–H groups in total. The van der Waals surface area contributed by atoms with Gasteiger partial charge in [0.05, 0.1) is 16.9 Å². The lowest BCUT2D eigenvalue weighted by Gasteiger charge is -2.15. The molecule has 128 valence electrons. The van der Waals surface area contributed by atoms with Gasteiger partial charge < -0.3 is 11.1 Å². The molecule has 0 bridgehead atoms. The van der Waals surface area contributed by atoms with E-state index in [2.05, 4.69) is 20.6 Å². The van der Waals surface area contributed by atoms with E-state index in [-0.39, 0.29) is 11.9 Å². The van der Waals surface area contributed by atoms with Crippen molar-refractivity contribution >= 4 is 16.8 Å². The van der Waals surface area contributed by atoms with E-state index in [9.17, 15) is 4.79 Å². The third kappa shape index (κ3) is 2.87. The highest BCUT2D eigenvalue weighted by Gasteiger charge is 2.32. The molecule has 4 rings (SSSR count). The number of hydrogen-bond acceptors (Lipinski definition) is 5. The van der Waals surface area contributed by atoms with Crippen molar-refractivity contribution in [3.63, 3.8) is 0 Å². The molecule has 1 aliphatic rings. The second-order valence-corrected chi connectivity index (χ2v) is 6.44. The molecule has 2 aromatic heterocycles. The normalized spacial score (nSPS) is 15.3. The first-order valence-electron chi connectivity index (χ1n) is 8.46. The Morgan fingerprint density at radius 1 is 1.36 bits per heavy atom. The Hall–Kier alpha value is -2.80. The van der Waals surface area contributed by atoms with Crippen molar-refractivity contribution < 1.29 is 4.79 Å². The van der Waals surface area contributed by atoms with E-state index >= 15 is 0 Å². The minimum absolute atomic E-state index is 0.0104. The van der Waals surface area contributed by atoms with Crippen molar-refractivity contribution in [2.45, 2.75) is 25.8 Å². The van der Waals surface area contributed by atoms with Crippen molar-refractivity contribution in [3.8, 4) is 5.69 Å². The molecule has 1 aliphatic carbocycles. The molecule has 25 heavy (non-hydrogen) atoms. The molecule has 0 aliphatic heterocycles. The van der Waals surface area contributed by atoms with Gasteiger partial charge in [0, 0.05) is 24.2 Å². The maximum Gasteiger partial charge on any atom is 0.274 e. The van der Waals surface area contributed by atoms with Gasteiger partial charge >= 0.3 is 0 Å². The maximum atomic E-state index is 12.6. The van der Waals surface area contributed by atoms with Crippen molar-refractivity contribution in [3.05, 3.63) is 47.9 Å². The summed E-state index contributed by atoms with van der Waals surface area (Å²) >= 11 is 0. The Kier molecular flexibility index (Phi) is 3.93. The number of hydrogen-bond donors (Lipinski definition) is 2. The van der Waals surface area contributed by atoms with Gasteiger partial charge in [-0.3, -0.25) is 9.78 Å². The third-order valence-electron chi connectivity index (χ3n) is 4.71.